The van der Waals surface area contributed by atoms with Crippen molar-refractivity contribution in [2.45, 2.75) is 20.3 Å². The predicted octanol–water partition coefficient (Wildman–Crippen LogP) is 3.62. The molecule has 1 amide bonds. The Kier molecular flexibility index (Phi) is 5.77. The van der Waals surface area contributed by atoms with Gasteiger partial charge in [0.2, 0.25) is 0 Å². The minimum Gasteiger partial charge on any atom is -0.457 e. The van der Waals surface area contributed by atoms with Crippen molar-refractivity contribution in [2.24, 2.45) is 5.41 Å². The lowest BCUT2D eigenvalue weighted by atomic mass is 9.89. The molecule has 0 atom stereocenters. The molecule has 0 radical (unpaired) electrons. The van der Waals surface area contributed by atoms with E-state index in [1.807, 2.05) is 56.3 Å². The van der Waals surface area contributed by atoms with Crippen molar-refractivity contribution in [1.82, 2.24) is 5.32 Å². The Balaban J connectivity index is 2.09. The van der Waals surface area contributed by atoms with E-state index in [9.17, 15) is 4.79 Å². The molecule has 122 valence electrons. The van der Waals surface area contributed by atoms with E-state index in [0.29, 0.717) is 30.0 Å². The number of nitrogens with one attached hydrogen (secondary N) is 1. The van der Waals surface area contributed by atoms with Crippen molar-refractivity contribution >= 4 is 5.91 Å². The van der Waals surface area contributed by atoms with Crippen molar-refractivity contribution in [3.8, 4) is 11.5 Å². The highest BCUT2D eigenvalue weighted by molar-refractivity contribution is 5.97. The van der Waals surface area contributed by atoms with Crippen LogP contribution in [0.1, 0.15) is 30.6 Å². The molecule has 0 saturated heterocycles. The Hall–Kier alpha value is -2.33. The largest absolute Gasteiger partial charge is 0.457 e. The summed E-state index contributed by atoms with van der Waals surface area (Å²) >= 11 is 0. The second-order valence-electron chi connectivity index (χ2n) is 6.23. The SMILES string of the molecule is CC(C)(CCO)CNC(=O)c1ccccc1Oc1ccccc1. The monoisotopic (exact) mass is 313 g/mol. The van der Waals surface area contributed by atoms with Crippen LogP contribution in [0.2, 0.25) is 0 Å². The van der Waals surface area contributed by atoms with Crippen molar-refractivity contribution in [3.05, 3.63) is 60.2 Å². The Bertz CT molecular complexity index is 638. The molecule has 4 heteroatoms. The first kappa shape index (κ1) is 17.0. The highest BCUT2D eigenvalue weighted by Crippen LogP contribution is 2.25. The molecular formula is C19H23NO3. The fourth-order valence-electron chi connectivity index (χ4n) is 2.16. The molecule has 0 spiro atoms. The number of rotatable bonds is 7. The van der Waals surface area contributed by atoms with E-state index in [0.717, 1.165) is 0 Å². The maximum Gasteiger partial charge on any atom is 0.255 e. The number of carbonyl (C=O) groups excluding carboxylic acids is 1. The van der Waals surface area contributed by atoms with Gasteiger partial charge in [-0.2, -0.15) is 0 Å². The number of aliphatic hydroxyl groups excluding tert-OH is 1. The number of ether oxygens (including phenoxy) is 1. The van der Waals surface area contributed by atoms with Gasteiger partial charge in [0.15, 0.2) is 0 Å². The Labute approximate surface area is 137 Å². The van der Waals surface area contributed by atoms with Gasteiger partial charge in [0.25, 0.3) is 5.91 Å². The fraction of sp³-hybridized carbons (Fsp3) is 0.316. The van der Waals surface area contributed by atoms with E-state index < -0.39 is 0 Å². The summed E-state index contributed by atoms with van der Waals surface area (Å²) in [5, 5.41) is 12.0. The van der Waals surface area contributed by atoms with Gasteiger partial charge in [-0.25, -0.2) is 0 Å². The predicted molar refractivity (Wildman–Crippen MR) is 90.8 cm³/mol. The number of benzene rings is 2. The lowest BCUT2D eigenvalue weighted by molar-refractivity contribution is 0.0926. The summed E-state index contributed by atoms with van der Waals surface area (Å²) in [4.78, 5) is 12.5. The average molecular weight is 313 g/mol. The molecule has 0 aliphatic rings. The van der Waals surface area contributed by atoms with Gasteiger partial charge in [0.1, 0.15) is 11.5 Å². The highest BCUT2D eigenvalue weighted by atomic mass is 16.5. The molecule has 0 fully saturated rings. The van der Waals surface area contributed by atoms with Crippen LogP contribution >= 0.6 is 0 Å². The fourth-order valence-corrected chi connectivity index (χ4v) is 2.16. The van der Waals surface area contributed by atoms with Crippen LogP contribution in [0.5, 0.6) is 11.5 Å². The topological polar surface area (TPSA) is 58.6 Å². The molecule has 2 aromatic rings. The Morgan fingerprint density at radius 3 is 2.43 bits per heavy atom. The molecule has 4 nitrogen and oxygen atoms in total. The van der Waals surface area contributed by atoms with Gasteiger partial charge in [-0.1, -0.05) is 44.2 Å². The first-order valence-electron chi connectivity index (χ1n) is 7.73. The normalized spacial score (nSPS) is 11.1. The summed E-state index contributed by atoms with van der Waals surface area (Å²) in [5.41, 5.74) is 0.343. The Morgan fingerprint density at radius 2 is 1.74 bits per heavy atom. The van der Waals surface area contributed by atoms with Crippen LogP contribution in [-0.4, -0.2) is 24.2 Å². The maximum absolute atomic E-state index is 12.5. The number of hydrogen-bond acceptors (Lipinski definition) is 3. The van der Waals surface area contributed by atoms with Crippen LogP contribution in [0.15, 0.2) is 54.6 Å². The van der Waals surface area contributed by atoms with Gasteiger partial charge in [-0.15, -0.1) is 0 Å². The smallest absolute Gasteiger partial charge is 0.255 e. The van der Waals surface area contributed by atoms with Crippen molar-refractivity contribution < 1.29 is 14.6 Å². The first-order valence-corrected chi connectivity index (χ1v) is 7.73. The van der Waals surface area contributed by atoms with Gasteiger partial charge in [0, 0.05) is 13.2 Å². The maximum atomic E-state index is 12.5. The number of aliphatic hydroxyl groups is 1. The van der Waals surface area contributed by atoms with Gasteiger partial charge < -0.3 is 15.2 Å². The number of para-hydroxylation sites is 2. The average Bonchev–Trinajstić information content (AvgIpc) is 2.54. The standard InChI is InChI=1S/C19H23NO3/c1-19(2,12-13-21)14-20-18(22)16-10-6-7-11-17(16)23-15-8-4-3-5-9-15/h3-11,21H,12-14H2,1-2H3,(H,20,22). The number of amides is 1. The third-order valence-electron chi connectivity index (χ3n) is 3.62. The van der Waals surface area contributed by atoms with Crippen LogP contribution in [0.25, 0.3) is 0 Å². The molecule has 0 aromatic heterocycles. The van der Waals surface area contributed by atoms with Gasteiger partial charge in [0.05, 0.1) is 5.56 Å². The van der Waals surface area contributed by atoms with Gasteiger partial charge in [-0.05, 0) is 36.1 Å². The highest BCUT2D eigenvalue weighted by Gasteiger charge is 2.20. The minimum absolute atomic E-state index is 0.108. The molecule has 0 aliphatic heterocycles. The van der Waals surface area contributed by atoms with Crippen LogP contribution in [0.4, 0.5) is 0 Å². The van der Waals surface area contributed by atoms with Crippen LogP contribution in [-0.2, 0) is 0 Å². The first-order chi connectivity index (χ1) is 11.0. The van der Waals surface area contributed by atoms with Crippen LogP contribution in [0.3, 0.4) is 0 Å². The van der Waals surface area contributed by atoms with E-state index in [-0.39, 0.29) is 17.9 Å². The molecule has 0 aliphatic carbocycles. The lowest BCUT2D eigenvalue weighted by Crippen LogP contribution is -2.34. The van der Waals surface area contributed by atoms with E-state index >= 15 is 0 Å². The molecule has 23 heavy (non-hydrogen) atoms. The molecule has 2 N–H and O–H groups in total. The van der Waals surface area contributed by atoms with E-state index in [4.69, 9.17) is 9.84 Å². The molecule has 0 bridgehead atoms. The zero-order valence-electron chi connectivity index (χ0n) is 13.6. The molecule has 2 aromatic carbocycles. The Morgan fingerprint density at radius 1 is 1.09 bits per heavy atom. The van der Waals surface area contributed by atoms with Crippen molar-refractivity contribution in [3.63, 3.8) is 0 Å². The van der Waals surface area contributed by atoms with Crippen molar-refractivity contribution in [2.75, 3.05) is 13.2 Å². The molecular weight excluding hydrogens is 290 g/mol. The van der Waals surface area contributed by atoms with Gasteiger partial charge >= 0.3 is 0 Å². The molecule has 0 saturated carbocycles. The minimum atomic E-state index is -0.178. The summed E-state index contributed by atoms with van der Waals surface area (Å²) in [6, 6.07) is 16.5. The van der Waals surface area contributed by atoms with E-state index in [1.54, 1.807) is 12.1 Å². The third-order valence-corrected chi connectivity index (χ3v) is 3.62. The second-order valence-corrected chi connectivity index (χ2v) is 6.23. The molecule has 0 unspecified atom stereocenters. The molecule has 0 heterocycles. The zero-order valence-corrected chi connectivity index (χ0v) is 13.6. The van der Waals surface area contributed by atoms with E-state index in [2.05, 4.69) is 5.32 Å². The molecule has 2 rings (SSSR count). The third kappa shape index (κ3) is 5.11. The summed E-state index contributed by atoms with van der Waals surface area (Å²) < 4.78 is 5.81. The zero-order chi connectivity index (χ0) is 16.7. The van der Waals surface area contributed by atoms with Gasteiger partial charge in [-0.3, -0.25) is 4.79 Å². The number of hydrogen-bond donors (Lipinski definition) is 2. The van der Waals surface area contributed by atoms with E-state index in [1.165, 1.54) is 0 Å². The lowest BCUT2D eigenvalue weighted by Gasteiger charge is -2.24. The summed E-state index contributed by atoms with van der Waals surface area (Å²) in [7, 11) is 0. The number of carbonyl (C=O) groups is 1. The van der Waals surface area contributed by atoms with Crippen LogP contribution < -0.4 is 10.1 Å². The quantitative estimate of drug-likeness (QED) is 0.821. The summed E-state index contributed by atoms with van der Waals surface area (Å²) in [5.74, 6) is 1.03. The second kappa shape index (κ2) is 7.79. The van der Waals surface area contributed by atoms with Crippen LogP contribution in [0, 0.1) is 5.41 Å². The summed E-state index contributed by atoms with van der Waals surface area (Å²) in [6.07, 6.45) is 0.634. The van der Waals surface area contributed by atoms with Crippen molar-refractivity contribution in [1.29, 1.82) is 0 Å². The summed E-state index contributed by atoms with van der Waals surface area (Å²) in [6.45, 7) is 4.62.